The number of amides is 1. The van der Waals surface area contributed by atoms with Gasteiger partial charge in [0.15, 0.2) is 0 Å². The van der Waals surface area contributed by atoms with Gasteiger partial charge in [-0.2, -0.15) is 5.10 Å². The second-order valence-electron chi connectivity index (χ2n) is 4.43. The van der Waals surface area contributed by atoms with E-state index < -0.39 is 0 Å². The summed E-state index contributed by atoms with van der Waals surface area (Å²) in [6.45, 7) is 1.99. The largest absolute Gasteiger partial charge is 0.395 e. The molecule has 2 rings (SSSR count). The van der Waals surface area contributed by atoms with Gasteiger partial charge >= 0.3 is 0 Å². The zero-order valence-corrected chi connectivity index (χ0v) is 11.7. The molecule has 0 saturated heterocycles. The van der Waals surface area contributed by atoms with Gasteiger partial charge in [0.05, 0.1) is 24.7 Å². The Bertz CT molecular complexity index is 646. The second kappa shape index (κ2) is 6.67. The van der Waals surface area contributed by atoms with E-state index in [0.29, 0.717) is 11.5 Å². The van der Waals surface area contributed by atoms with E-state index in [0.717, 1.165) is 11.3 Å². The lowest BCUT2D eigenvalue weighted by molar-refractivity contribution is 0.0945. The van der Waals surface area contributed by atoms with E-state index in [1.165, 1.54) is 4.68 Å². The number of aliphatic hydroxyl groups excluding tert-OH is 1. The fourth-order valence-electron chi connectivity index (χ4n) is 1.72. The summed E-state index contributed by atoms with van der Waals surface area (Å²) in [5, 5.41) is 15.4. The van der Waals surface area contributed by atoms with Crippen molar-refractivity contribution in [1.82, 2.24) is 15.0 Å². The van der Waals surface area contributed by atoms with Gasteiger partial charge in [-0.1, -0.05) is 12.1 Å². The molecular weight excluding hydrogens is 270 g/mol. The highest BCUT2D eigenvalue weighted by molar-refractivity contribution is 5.95. The molecule has 1 heterocycles. The van der Waals surface area contributed by atoms with E-state index >= 15 is 0 Å². The Morgan fingerprint density at radius 2 is 2.19 bits per heavy atom. The van der Waals surface area contributed by atoms with Crippen LogP contribution in [0.1, 0.15) is 21.6 Å². The van der Waals surface area contributed by atoms with Crippen LogP contribution < -0.4 is 11.1 Å². The number of rotatable bonds is 5. The number of aliphatic hydroxyl groups is 1. The van der Waals surface area contributed by atoms with Gasteiger partial charge in [-0.05, 0) is 24.6 Å². The third kappa shape index (κ3) is 3.90. The van der Waals surface area contributed by atoms with Gasteiger partial charge in [-0.15, -0.1) is 0 Å². The van der Waals surface area contributed by atoms with Crippen LogP contribution in [0.15, 0.2) is 35.6 Å². The topological polar surface area (TPSA) is 106 Å². The van der Waals surface area contributed by atoms with E-state index in [1.54, 1.807) is 36.7 Å². The highest BCUT2D eigenvalue weighted by Gasteiger charge is 2.03. The summed E-state index contributed by atoms with van der Waals surface area (Å²) in [5.74, 6) is 0.103. The predicted molar refractivity (Wildman–Crippen MR) is 80.2 cm³/mol. The molecule has 0 unspecified atom stereocenters. The monoisotopic (exact) mass is 287 g/mol. The lowest BCUT2D eigenvalue weighted by atomic mass is 10.1. The minimum absolute atomic E-state index is 0.0811. The van der Waals surface area contributed by atoms with Crippen molar-refractivity contribution in [3.8, 4) is 0 Å². The third-order valence-corrected chi connectivity index (χ3v) is 2.74. The van der Waals surface area contributed by atoms with Crippen LogP contribution in [-0.2, 0) is 0 Å². The fourth-order valence-corrected chi connectivity index (χ4v) is 1.72. The van der Waals surface area contributed by atoms with Crippen molar-refractivity contribution in [1.29, 1.82) is 0 Å². The molecule has 1 aromatic heterocycles. The first kappa shape index (κ1) is 14.7. The van der Waals surface area contributed by atoms with Crippen LogP contribution >= 0.6 is 0 Å². The second-order valence-corrected chi connectivity index (χ2v) is 4.43. The van der Waals surface area contributed by atoms with Crippen molar-refractivity contribution >= 4 is 18.1 Å². The summed E-state index contributed by atoms with van der Waals surface area (Å²) in [4.78, 5) is 15.7. The summed E-state index contributed by atoms with van der Waals surface area (Å²) < 4.78 is 1.48. The van der Waals surface area contributed by atoms with Crippen molar-refractivity contribution in [2.75, 3.05) is 18.9 Å². The summed E-state index contributed by atoms with van der Waals surface area (Å²) in [7, 11) is 0. The van der Waals surface area contributed by atoms with Gasteiger partial charge in [0.25, 0.3) is 5.91 Å². The third-order valence-electron chi connectivity index (χ3n) is 2.74. The van der Waals surface area contributed by atoms with E-state index in [9.17, 15) is 4.79 Å². The molecule has 2 aromatic rings. The Morgan fingerprint density at radius 3 is 2.76 bits per heavy atom. The van der Waals surface area contributed by atoms with E-state index in [4.69, 9.17) is 10.8 Å². The molecule has 0 saturated carbocycles. The molecule has 4 N–H and O–H groups in total. The number of nitrogen functional groups attached to an aromatic ring is 1. The number of hydrogen-bond acceptors (Lipinski definition) is 5. The molecule has 0 bridgehead atoms. The molecule has 0 radical (unpaired) electrons. The number of carbonyl (C=O) groups excluding carboxylic acids is 1. The predicted octanol–water partition coefficient (Wildman–Crippen LogP) is 0.378. The first-order chi connectivity index (χ1) is 10.1. The van der Waals surface area contributed by atoms with Crippen LogP contribution in [0.3, 0.4) is 0 Å². The number of nitrogens with two attached hydrogens (primary N) is 1. The number of aryl methyl sites for hydroxylation is 1. The molecule has 0 fully saturated rings. The molecule has 0 aliphatic carbocycles. The van der Waals surface area contributed by atoms with Crippen LogP contribution in [0.4, 0.5) is 5.95 Å². The number of aromatic nitrogens is 2. The average Bonchev–Trinajstić information content (AvgIpc) is 2.81. The van der Waals surface area contributed by atoms with Gasteiger partial charge < -0.3 is 16.2 Å². The van der Waals surface area contributed by atoms with Gasteiger partial charge in [0.2, 0.25) is 5.95 Å². The minimum atomic E-state index is -0.220. The minimum Gasteiger partial charge on any atom is -0.395 e. The van der Waals surface area contributed by atoms with Gasteiger partial charge in [-0.3, -0.25) is 4.79 Å². The summed E-state index contributed by atoms with van der Waals surface area (Å²) >= 11 is 0. The maximum atomic E-state index is 11.7. The molecule has 110 valence electrons. The Hall–Kier alpha value is -2.67. The maximum absolute atomic E-state index is 11.7. The highest BCUT2D eigenvalue weighted by Crippen LogP contribution is 2.05. The standard InChI is InChI=1S/C14H17N5O2/c1-10-9-19(14(15)18-10)17-8-11-2-4-12(5-3-11)13(21)16-6-7-20/h2-5,8-9,20H,6-7H2,1H3,(H2,15,18)(H,16,21). The maximum Gasteiger partial charge on any atom is 0.251 e. The molecule has 1 aromatic carbocycles. The van der Waals surface area contributed by atoms with Crippen LogP contribution in [-0.4, -0.2) is 40.0 Å². The van der Waals surface area contributed by atoms with Crippen molar-refractivity contribution in [3.05, 3.63) is 47.3 Å². The zero-order valence-electron chi connectivity index (χ0n) is 11.7. The van der Waals surface area contributed by atoms with E-state index in [-0.39, 0.29) is 19.1 Å². The first-order valence-corrected chi connectivity index (χ1v) is 6.45. The zero-order chi connectivity index (χ0) is 15.2. The van der Waals surface area contributed by atoms with Crippen LogP contribution in [0.25, 0.3) is 0 Å². The lowest BCUT2D eigenvalue weighted by Gasteiger charge is -2.03. The Labute approximate surface area is 122 Å². The van der Waals surface area contributed by atoms with Crippen LogP contribution in [0.5, 0.6) is 0 Å². The summed E-state index contributed by atoms with van der Waals surface area (Å²) in [6.07, 6.45) is 3.36. The highest BCUT2D eigenvalue weighted by atomic mass is 16.3. The smallest absolute Gasteiger partial charge is 0.251 e. The number of imidazole rings is 1. The molecular formula is C14H17N5O2. The molecule has 0 spiro atoms. The number of carbonyl (C=O) groups is 1. The molecule has 0 aliphatic rings. The molecule has 0 aliphatic heterocycles. The van der Waals surface area contributed by atoms with Crippen molar-refractivity contribution in [2.24, 2.45) is 5.10 Å². The normalized spacial score (nSPS) is 11.0. The molecule has 21 heavy (non-hydrogen) atoms. The summed E-state index contributed by atoms with van der Waals surface area (Å²) in [5.41, 5.74) is 7.83. The van der Waals surface area contributed by atoms with Crippen molar-refractivity contribution in [3.63, 3.8) is 0 Å². The van der Waals surface area contributed by atoms with E-state index in [2.05, 4.69) is 15.4 Å². The van der Waals surface area contributed by atoms with E-state index in [1.807, 2.05) is 6.92 Å². The molecule has 1 amide bonds. The van der Waals surface area contributed by atoms with Gasteiger partial charge in [-0.25, -0.2) is 9.66 Å². The average molecular weight is 287 g/mol. The molecule has 7 nitrogen and oxygen atoms in total. The molecule has 7 heteroatoms. The van der Waals surface area contributed by atoms with Crippen LogP contribution in [0.2, 0.25) is 0 Å². The summed E-state index contributed by atoms with van der Waals surface area (Å²) in [6, 6.07) is 6.93. The first-order valence-electron chi connectivity index (χ1n) is 6.45. The van der Waals surface area contributed by atoms with Crippen molar-refractivity contribution in [2.45, 2.75) is 6.92 Å². The SMILES string of the molecule is Cc1cn(N=Cc2ccc(C(=O)NCCO)cc2)c(N)n1. The van der Waals surface area contributed by atoms with Crippen molar-refractivity contribution < 1.29 is 9.90 Å². The number of benzene rings is 1. The quantitative estimate of drug-likeness (QED) is 0.691. The van der Waals surface area contributed by atoms with Gasteiger partial charge in [0.1, 0.15) is 0 Å². The van der Waals surface area contributed by atoms with Crippen LogP contribution in [0, 0.1) is 6.92 Å². The fraction of sp³-hybridized carbons (Fsp3) is 0.214. The Balaban J connectivity index is 2.05. The van der Waals surface area contributed by atoms with Gasteiger partial charge in [0, 0.05) is 12.1 Å². The number of nitrogens with zero attached hydrogens (tertiary/aromatic N) is 3. The lowest BCUT2D eigenvalue weighted by Crippen LogP contribution is -2.26. The Morgan fingerprint density at radius 1 is 1.48 bits per heavy atom. The number of nitrogens with one attached hydrogen (secondary N) is 1. The molecule has 0 atom stereocenters. The number of anilines is 1. The number of hydrogen-bond donors (Lipinski definition) is 3. The Kier molecular flexibility index (Phi) is 4.68.